The van der Waals surface area contributed by atoms with Crippen molar-refractivity contribution in [2.45, 2.75) is 19.8 Å². The predicted octanol–water partition coefficient (Wildman–Crippen LogP) is 3.00. The van der Waals surface area contributed by atoms with E-state index in [0.717, 1.165) is 36.0 Å². The van der Waals surface area contributed by atoms with Gasteiger partial charge in [0.25, 0.3) is 5.69 Å². The fraction of sp³-hybridized carbons (Fsp3) is 0.538. The van der Waals surface area contributed by atoms with E-state index >= 15 is 0 Å². The summed E-state index contributed by atoms with van der Waals surface area (Å²) in [5.74, 6) is 0. The Kier molecular flexibility index (Phi) is 4.62. The lowest BCUT2D eigenvalue weighted by atomic mass is 9.83. The Labute approximate surface area is 126 Å². The summed E-state index contributed by atoms with van der Waals surface area (Å²) in [6, 6.07) is 5.28. The molecular weight excluding hydrogens is 357 g/mol. The number of halogens is 1. The van der Waals surface area contributed by atoms with Gasteiger partial charge in [-0.1, -0.05) is 6.92 Å². The van der Waals surface area contributed by atoms with E-state index in [0.29, 0.717) is 5.69 Å². The molecular formula is C13H18IN3O2. The van der Waals surface area contributed by atoms with Crippen molar-refractivity contribution in [2.24, 2.45) is 5.41 Å². The van der Waals surface area contributed by atoms with Gasteiger partial charge < -0.3 is 10.6 Å². The van der Waals surface area contributed by atoms with E-state index in [2.05, 4.69) is 40.1 Å². The minimum atomic E-state index is -0.327. The smallest absolute Gasteiger partial charge is 0.293 e. The third-order valence-electron chi connectivity index (χ3n) is 3.55. The van der Waals surface area contributed by atoms with Crippen molar-refractivity contribution < 1.29 is 4.92 Å². The molecule has 0 saturated carbocycles. The molecule has 2 N–H and O–H groups in total. The Bertz CT molecular complexity index is 473. The Morgan fingerprint density at radius 3 is 3.00 bits per heavy atom. The number of hydrogen-bond acceptors (Lipinski definition) is 4. The van der Waals surface area contributed by atoms with Gasteiger partial charge in [-0.2, -0.15) is 0 Å². The monoisotopic (exact) mass is 375 g/mol. The molecule has 104 valence electrons. The number of nitrogens with one attached hydrogen (secondary N) is 2. The molecule has 1 fully saturated rings. The first-order valence-electron chi connectivity index (χ1n) is 6.39. The van der Waals surface area contributed by atoms with E-state index in [9.17, 15) is 10.1 Å². The molecule has 0 radical (unpaired) electrons. The highest BCUT2D eigenvalue weighted by atomic mass is 127. The quantitative estimate of drug-likeness (QED) is 0.482. The van der Waals surface area contributed by atoms with E-state index < -0.39 is 0 Å². The van der Waals surface area contributed by atoms with Crippen LogP contribution >= 0.6 is 22.6 Å². The zero-order chi connectivity index (χ0) is 13.9. The second-order valence-corrected chi connectivity index (χ2v) is 6.61. The number of nitro benzene ring substituents is 1. The standard InChI is InChI=1S/C13H18IN3O2/c1-13(5-2-6-15-8-13)9-16-11-4-3-10(14)7-12(11)17(18)19/h3-4,7,15-16H,2,5-6,8-9H2,1H3. The maximum Gasteiger partial charge on any atom is 0.293 e. The van der Waals surface area contributed by atoms with Gasteiger partial charge in [0.05, 0.1) is 4.92 Å². The second-order valence-electron chi connectivity index (χ2n) is 5.36. The molecule has 0 aromatic heterocycles. The highest BCUT2D eigenvalue weighted by Crippen LogP contribution is 2.30. The van der Waals surface area contributed by atoms with E-state index in [1.165, 1.54) is 0 Å². The molecule has 1 unspecified atom stereocenters. The van der Waals surface area contributed by atoms with Crippen molar-refractivity contribution in [3.8, 4) is 0 Å². The summed E-state index contributed by atoms with van der Waals surface area (Å²) >= 11 is 2.09. The van der Waals surface area contributed by atoms with Crippen LogP contribution in [0.3, 0.4) is 0 Å². The molecule has 1 heterocycles. The molecule has 1 atom stereocenters. The fourth-order valence-electron chi connectivity index (χ4n) is 2.38. The Morgan fingerprint density at radius 2 is 2.37 bits per heavy atom. The largest absolute Gasteiger partial charge is 0.379 e. The van der Waals surface area contributed by atoms with Crippen LogP contribution in [0.4, 0.5) is 11.4 Å². The molecule has 1 saturated heterocycles. The van der Waals surface area contributed by atoms with Crippen molar-refractivity contribution in [2.75, 3.05) is 25.0 Å². The van der Waals surface area contributed by atoms with E-state index in [4.69, 9.17) is 0 Å². The molecule has 1 aliphatic heterocycles. The summed E-state index contributed by atoms with van der Waals surface area (Å²) in [5, 5.41) is 17.7. The topological polar surface area (TPSA) is 67.2 Å². The lowest BCUT2D eigenvalue weighted by Gasteiger charge is -2.34. The van der Waals surface area contributed by atoms with Gasteiger partial charge in [0.1, 0.15) is 5.69 Å². The predicted molar refractivity (Wildman–Crippen MR) is 84.5 cm³/mol. The molecule has 5 nitrogen and oxygen atoms in total. The summed E-state index contributed by atoms with van der Waals surface area (Å²) in [6.07, 6.45) is 2.30. The molecule has 0 aliphatic carbocycles. The maximum absolute atomic E-state index is 11.1. The number of anilines is 1. The minimum Gasteiger partial charge on any atom is -0.379 e. The number of nitro groups is 1. The summed E-state index contributed by atoms with van der Waals surface area (Å²) < 4.78 is 0.875. The van der Waals surface area contributed by atoms with Gasteiger partial charge in [-0.15, -0.1) is 0 Å². The van der Waals surface area contributed by atoms with E-state index in [-0.39, 0.29) is 16.0 Å². The van der Waals surface area contributed by atoms with Crippen molar-refractivity contribution in [3.05, 3.63) is 31.9 Å². The molecule has 0 bridgehead atoms. The van der Waals surface area contributed by atoms with Gasteiger partial charge in [-0.3, -0.25) is 10.1 Å². The molecule has 19 heavy (non-hydrogen) atoms. The van der Waals surface area contributed by atoms with Crippen molar-refractivity contribution in [1.29, 1.82) is 0 Å². The summed E-state index contributed by atoms with van der Waals surface area (Å²) in [6.45, 7) is 4.99. The third kappa shape index (κ3) is 3.79. The summed E-state index contributed by atoms with van der Waals surface area (Å²) in [4.78, 5) is 10.7. The van der Waals surface area contributed by atoms with Crippen LogP contribution in [0.15, 0.2) is 18.2 Å². The molecule has 1 aromatic rings. The fourth-order valence-corrected chi connectivity index (χ4v) is 2.86. The van der Waals surface area contributed by atoms with E-state index in [1.54, 1.807) is 12.1 Å². The van der Waals surface area contributed by atoms with Crippen molar-refractivity contribution >= 4 is 34.0 Å². The van der Waals surface area contributed by atoms with Gasteiger partial charge in [0, 0.05) is 22.7 Å². The van der Waals surface area contributed by atoms with Crippen molar-refractivity contribution in [1.82, 2.24) is 5.32 Å². The Balaban J connectivity index is 2.08. The van der Waals surface area contributed by atoms with Gasteiger partial charge in [0.15, 0.2) is 0 Å². The molecule has 1 aliphatic rings. The lowest BCUT2D eigenvalue weighted by Crippen LogP contribution is -2.42. The summed E-state index contributed by atoms with van der Waals surface area (Å²) in [5.41, 5.74) is 0.922. The number of piperidine rings is 1. The van der Waals surface area contributed by atoms with Crippen LogP contribution in [-0.2, 0) is 0 Å². The first kappa shape index (κ1) is 14.5. The highest BCUT2D eigenvalue weighted by Gasteiger charge is 2.27. The normalized spacial score (nSPS) is 23.1. The van der Waals surface area contributed by atoms with Gasteiger partial charge in [-0.05, 0) is 59.5 Å². The van der Waals surface area contributed by atoms with E-state index in [1.807, 2.05) is 6.07 Å². The van der Waals surface area contributed by atoms with Crippen LogP contribution in [0.1, 0.15) is 19.8 Å². The second kappa shape index (κ2) is 6.04. The number of rotatable bonds is 4. The molecule has 0 spiro atoms. The van der Waals surface area contributed by atoms with Crippen LogP contribution in [0.2, 0.25) is 0 Å². The van der Waals surface area contributed by atoms with Crippen LogP contribution < -0.4 is 10.6 Å². The van der Waals surface area contributed by atoms with Crippen LogP contribution in [0, 0.1) is 19.1 Å². The van der Waals surface area contributed by atoms with Crippen LogP contribution in [0.5, 0.6) is 0 Å². The zero-order valence-electron chi connectivity index (χ0n) is 10.9. The lowest BCUT2D eigenvalue weighted by molar-refractivity contribution is -0.384. The average Bonchev–Trinajstić information content (AvgIpc) is 2.38. The third-order valence-corrected chi connectivity index (χ3v) is 4.22. The molecule has 0 amide bonds. The van der Waals surface area contributed by atoms with Crippen LogP contribution in [0.25, 0.3) is 0 Å². The highest BCUT2D eigenvalue weighted by molar-refractivity contribution is 14.1. The Morgan fingerprint density at radius 1 is 1.58 bits per heavy atom. The molecule has 6 heteroatoms. The zero-order valence-corrected chi connectivity index (χ0v) is 13.1. The first-order chi connectivity index (χ1) is 9.00. The van der Waals surface area contributed by atoms with Gasteiger partial charge in [-0.25, -0.2) is 0 Å². The average molecular weight is 375 g/mol. The number of benzene rings is 1. The Hall–Kier alpha value is -0.890. The molecule has 1 aromatic carbocycles. The number of nitrogens with zero attached hydrogens (tertiary/aromatic N) is 1. The van der Waals surface area contributed by atoms with Crippen molar-refractivity contribution in [3.63, 3.8) is 0 Å². The molecule has 2 rings (SSSR count). The minimum absolute atomic E-state index is 0.152. The first-order valence-corrected chi connectivity index (χ1v) is 7.47. The summed E-state index contributed by atoms with van der Waals surface area (Å²) in [7, 11) is 0. The number of hydrogen-bond donors (Lipinski definition) is 2. The SMILES string of the molecule is CC1(CNc2ccc(I)cc2[N+](=O)[O-])CCCNC1. The maximum atomic E-state index is 11.1. The van der Waals surface area contributed by atoms with Gasteiger partial charge in [0.2, 0.25) is 0 Å². The van der Waals surface area contributed by atoms with Crippen LogP contribution in [-0.4, -0.2) is 24.6 Å². The van der Waals surface area contributed by atoms with Gasteiger partial charge >= 0.3 is 0 Å².